The quantitative estimate of drug-likeness (QED) is 0.500. The van der Waals surface area contributed by atoms with E-state index in [0.29, 0.717) is 24.5 Å². The summed E-state index contributed by atoms with van der Waals surface area (Å²) in [6, 6.07) is 11.6. The average Bonchev–Trinajstić information content (AvgIpc) is 2.65. The summed E-state index contributed by atoms with van der Waals surface area (Å²) >= 11 is 0. The fourth-order valence-corrected chi connectivity index (χ4v) is 3.29. The van der Waals surface area contributed by atoms with Gasteiger partial charge in [0.25, 0.3) is 0 Å². The first kappa shape index (κ1) is 23.8. The van der Waals surface area contributed by atoms with Crippen molar-refractivity contribution in [3.8, 4) is 5.75 Å². The van der Waals surface area contributed by atoms with Crippen molar-refractivity contribution in [3.63, 3.8) is 0 Å². The molecular weight excluding hydrogens is 409 g/mol. The van der Waals surface area contributed by atoms with E-state index >= 15 is 0 Å². The average molecular weight is 432 g/mol. The summed E-state index contributed by atoms with van der Waals surface area (Å²) in [5, 5.41) is 2.66. The summed E-state index contributed by atoms with van der Waals surface area (Å²) in [7, 11) is -3.66. The van der Waals surface area contributed by atoms with Crippen molar-refractivity contribution >= 4 is 34.0 Å². The lowest BCUT2D eigenvalue weighted by Gasteiger charge is -2.09. The second kappa shape index (κ2) is 11.6. The largest absolute Gasteiger partial charge is 0.494 e. The highest BCUT2D eigenvalue weighted by atomic mass is 35.5. The number of benzene rings is 2. The molecule has 0 aromatic heterocycles. The molecule has 0 fully saturated rings. The highest BCUT2D eigenvalue weighted by Gasteiger charge is 2.14. The maximum absolute atomic E-state index is 12.8. The van der Waals surface area contributed by atoms with Crippen molar-refractivity contribution in [2.75, 3.05) is 25.0 Å². The molecule has 2 aromatic rings. The first-order valence-electron chi connectivity index (χ1n) is 8.39. The van der Waals surface area contributed by atoms with Gasteiger partial charge in [0, 0.05) is 25.2 Å². The summed E-state index contributed by atoms with van der Waals surface area (Å²) < 4.78 is 44.7. The van der Waals surface area contributed by atoms with E-state index in [2.05, 4.69) is 10.0 Å². The Balaban J connectivity index is 0.00000392. The van der Waals surface area contributed by atoms with E-state index < -0.39 is 10.0 Å². The van der Waals surface area contributed by atoms with E-state index in [0.717, 1.165) is 0 Å². The Labute approximate surface area is 169 Å². The van der Waals surface area contributed by atoms with Crippen molar-refractivity contribution in [1.29, 1.82) is 0 Å². The summed E-state index contributed by atoms with van der Waals surface area (Å²) in [5.74, 6) is -0.0777. The van der Waals surface area contributed by atoms with Gasteiger partial charge >= 0.3 is 0 Å². The molecule has 0 atom stereocenters. The molecule has 154 valence electrons. The van der Waals surface area contributed by atoms with Crippen LogP contribution in [0.5, 0.6) is 5.75 Å². The molecule has 10 heteroatoms. The number of carbonyl (C=O) groups is 1. The van der Waals surface area contributed by atoms with Crippen LogP contribution in [0.25, 0.3) is 0 Å². The minimum absolute atomic E-state index is 0. The van der Waals surface area contributed by atoms with Crippen LogP contribution in [0.2, 0.25) is 0 Å². The van der Waals surface area contributed by atoms with Gasteiger partial charge in [-0.25, -0.2) is 17.5 Å². The van der Waals surface area contributed by atoms with Crippen molar-refractivity contribution in [1.82, 2.24) is 4.72 Å². The van der Waals surface area contributed by atoms with Gasteiger partial charge in [0.2, 0.25) is 15.9 Å². The third-order valence-electron chi connectivity index (χ3n) is 3.50. The smallest absolute Gasteiger partial charge is 0.240 e. The van der Waals surface area contributed by atoms with E-state index in [9.17, 15) is 17.6 Å². The molecule has 1 amide bonds. The number of rotatable bonds is 10. The molecule has 0 saturated carbocycles. The van der Waals surface area contributed by atoms with Crippen LogP contribution >= 0.6 is 12.4 Å². The predicted molar refractivity (Wildman–Crippen MR) is 108 cm³/mol. The zero-order valence-corrected chi connectivity index (χ0v) is 16.7. The number of anilines is 1. The Morgan fingerprint density at radius 1 is 1.14 bits per heavy atom. The molecule has 28 heavy (non-hydrogen) atoms. The SMILES string of the molecule is Cl.NCCNS(=O)(=O)c1cccc(NC(=O)CCCOc2ccc(F)cc2)c1. The van der Waals surface area contributed by atoms with Crippen LogP contribution < -0.4 is 20.5 Å². The molecule has 0 radical (unpaired) electrons. The third kappa shape index (κ3) is 7.81. The first-order valence-corrected chi connectivity index (χ1v) is 9.87. The molecule has 2 aromatic carbocycles. The summed E-state index contributed by atoms with van der Waals surface area (Å²) in [4.78, 5) is 12.1. The topological polar surface area (TPSA) is 111 Å². The van der Waals surface area contributed by atoms with Crippen LogP contribution in [0.15, 0.2) is 53.4 Å². The molecule has 4 N–H and O–H groups in total. The van der Waals surface area contributed by atoms with Gasteiger partial charge in [-0.05, 0) is 48.9 Å². The highest BCUT2D eigenvalue weighted by molar-refractivity contribution is 7.89. The summed E-state index contributed by atoms with van der Waals surface area (Å²) in [5.41, 5.74) is 5.68. The van der Waals surface area contributed by atoms with Gasteiger partial charge < -0.3 is 15.8 Å². The van der Waals surface area contributed by atoms with Gasteiger partial charge in [0.05, 0.1) is 11.5 Å². The van der Waals surface area contributed by atoms with Gasteiger partial charge in [-0.2, -0.15) is 0 Å². The number of nitrogens with one attached hydrogen (secondary N) is 2. The molecule has 7 nitrogen and oxygen atoms in total. The molecule has 2 rings (SSSR count). The van der Waals surface area contributed by atoms with Gasteiger partial charge in [-0.1, -0.05) is 6.07 Å². The minimum atomic E-state index is -3.66. The molecule has 0 unspecified atom stereocenters. The Kier molecular flexibility index (Phi) is 9.88. The maximum Gasteiger partial charge on any atom is 0.240 e. The fourth-order valence-electron chi connectivity index (χ4n) is 2.19. The number of carbonyl (C=O) groups excluding carboxylic acids is 1. The normalized spacial score (nSPS) is 10.8. The lowest BCUT2D eigenvalue weighted by atomic mass is 10.2. The van der Waals surface area contributed by atoms with E-state index in [1.54, 1.807) is 12.1 Å². The second-order valence-corrected chi connectivity index (χ2v) is 7.44. The van der Waals surface area contributed by atoms with Crippen molar-refractivity contribution < 1.29 is 22.3 Å². The van der Waals surface area contributed by atoms with Gasteiger partial charge in [-0.15, -0.1) is 12.4 Å². The van der Waals surface area contributed by atoms with Crippen molar-refractivity contribution in [3.05, 3.63) is 54.3 Å². The van der Waals surface area contributed by atoms with Gasteiger partial charge in [0.15, 0.2) is 0 Å². The van der Waals surface area contributed by atoms with E-state index in [4.69, 9.17) is 10.5 Å². The number of amides is 1. The highest BCUT2D eigenvalue weighted by Crippen LogP contribution is 2.16. The lowest BCUT2D eigenvalue weighted by molar-refractivity contribution is -0.116. The van der Waals surface area contributed by atoms with Crippen LogP contribution in [0, 0.1) is 5.82 Å². The van der Waals surface area contributed by atoms with Crippen LogP contribution in [0.1, 0.15) is 12.8 Å². The molecule has 0 heterocycles. The molecular formula is C18H23ClFN3O4S. The molecule has 0 bridgehead atoms. The number of ether oxygens (including phenoxy) is 1. The Morgan fingerprint density at radius 2 is 1.86 bits per heavy atom. The lowest BCUT2D eigenvalue weighted by Crippen LogP contribution is -2.29. The number of nitrogens with two attached hydrogens (primary N) is 1. The zero-order valence-electron chi connectivity index (χ0n) is 15.1. The standard InChI is InChI=1S/C18H22FN3O4S.ClH/c19-14-6-8-16(9-7-14)26-12-2-5-18(23)22-15-3-1-4-17(13-15)27(24,25)21-11-10-20;/h1,3-4,6-9,13,21H,2,5,10-12,20H2,(H,22,23);1H. The van der Waals surface area contributed by atoms with E-state index in [-0.39, 0.29) is 48.5 Å². The number of halogens is 2. The first-order chi connectivity index (χ1) is 12.9. The second-order valence-electron chi connectivity index (χ2n) is 5.67. The van der Waals surface area contributed by atoms with Crippen LogP contribution in [-0.2, 0) is 14.8 Å². The molecule has 0 aliphatic rings. The fraction of sp³-hybridized carbons (Fsp3) is 0.278. The monoisotopic (exact) mass is 431 g/mol. The van der Waals surface area contributed by atoms with Gasteiger partial charge in [-0.3, -0.25) is 4.79 Å². The van der Waals surface area contributed by atoms with Crippen molar-refractivity contribution in [2.45, 2.75) is 17.7 Å². The Morgan fingerprint density at radius 3 is 2.54 bits per heavy atom. The van der Waals surface area contributed by atoms with E-state index in [1.807, 2.05) is 0 Å². The van der Waals surface area contributed by atoms with Crippen molar-refractivity contribution in [2.24, 2.45) is 5.73 Å². The predicted octanol–water partition coefficient (Wildman–Crippen LogP) is 2.28. The van der Waals surface area contributed by atoms with Gasteiger partial charge in [0.1, 0.15) is 11.6 Å². The number of sulfonamides is 1. The molecule has 0 spiro atoms. The third-order valence-corrected chi connectivity index (χ3v) is 4.95. The van der Waals surface area contributed by atoms with Crippen LogP contribution in [0.3, 0.4) is 0 Å². The zero-order chi connectivity index (χ0) is 19.7. The van der Waals surface area contributed by atoms with Crippen LogP contribution in [-0.4, -0.2) is 34.0 Å². The summed E-state index contributed by atoms with van der Waals surface area (Å²) in [6.45, 7) is 0.624. The Bertz CT molecular complexity index is 863. The maximum atomic E-state index is 12.8. The van der Waals surface area contributed by atoms with Crippen LogP contribution in [0.4, 0.5) is 10.1 Å². The molecule has 0 saturated heterocycles. The molecule has 0 aliphatic heterocycles. The minimum Gasteiger partial charge on any atom is -0.494 e. The number of hydrogen-bond acceptors (Lipinski definition) is 5. The Hall–Kier alpha value is -2.20. The molecule has 0 aliphatic carbocycles. The number of hydrogen-bond donors (Lipinski definition) is 3. The van der Waals surface area contributed by atoms with E-state index in [1.165, 1.54) is 36.4 Å². The summed E-state index contributed by atoms with van der Waals surface area (Å²) in [6.07, 6.45) is 0.656.